The van der Waals surface area contributed by atoms with E-state index in [2.05, 4.69) is 0 Å². The fraction of sp³-hybridized carbons (Fsp3) is 0.538. The standard InChI is InChI=1S/C13H15ClF2O/c1-7-3-12(16)10(5-11(7)15)13(14)9-4-8(2)17-6-9/h3,5,8-9,13H,4,6H2,1-2H3. The molecule has 0 saturated carbocycles. The Morgan fingerprint density at radius 2 is 2.06 bits per heavy atom. The third-order valence-corrected chi connectivity index (χ3v) is 3.81. The number of halogens is 3. The molecule has 3 unspecified atom stereocenters. The average Bonchev–Trinajstić information content (AvgIpc) is 2.69. The van der Waals surface area contributed by atoms with Gasteiger partial charge in [0.1, 0.15) is 11.6 Å². The molecule has 1 fully saturated rings. The SMILES string of the molecule is Cc1cc(F)c(C(Cl)C2COC(C)C2)cc1F. The predicted molar refractivity (Wildman–Crippen MR) is 63.2 cm³/mol. The van der Waals surface area contributed by atoms with Crippen molar-refractivity contribution in [2.75, 3.05) is 6.61 Å². The van der Waals surface area contributed by atoms with Gasteiger partial charge in [-0.3, -0.25) is 0 Å². The summed E-state index contributed by atoms with van der Waals surface area (Å²) in [5.74, 6) is -0.814. The molecule has 94 valence electrons. The molecule has 0 N–H and O–H groups in total. The van der Waals surface area contributed by atoms with Gasteiger partial charge in [-0.2, -0.15) is 0 Å². The second-order valence-electron chi connectivity index (χ2n) is 4.66. The smallest absolute Gasteiger partial charge is 0.128 e. The minimum absolute atomic E-state index is 0.0447. The van der Waals surface area contributed by atoms with Crippen molar-refractivity contribution in [3.8, 4) is 0 Å². The Balaban J connectivity index is 2.24. The molecule has 1 aromatic rings. The van der Waals surface area contributed by atoms with Gasteiger partial charge in [0.15, 0.2) is 0 Å². The van der Waals surface area contributed by atoms with Gasteiger partial charge in [-0.25, -0.2) is 8.78 Å². The zero-order valence-corrected chi connectivity index (χ0v) is 10.6. The van der Waals surface area contributed by atoms with Crippen LogP contribution in [0.5, 0.6) is 0 Å². The van der Waals surface area contributed by atoms with Crippen LogP contribution in [0, 0.1) is 24.5 Å². The zero-order chi connectivity index (χ0) is 12.6. The molecular formula is C13H15ClF2O. The van der Waals surface area contributed by atoms with Crippen LogP contribution in [0.15, 0.2) is 12.1 Å². The highest BCUT2D eigenvalue weighted by molar-refractivity contribution is 6.21. The zero-order valence-electron chi connectivity index (χ0n) is 9.84. The minimum Gasteiger partial charge on any atom is -0.378 e. The largest absolute Gasteiger partial charge is 0.378 e. The molecule has 0 aromatic heterocycles. The second-order valence-corrected chi connectivity index (χ2v) is 5.13. The molecule has 1 aliphatic rings. The van der Waals surface area contributed by atoms with Gasteiger partial charge >= 0.3 is 0 Å². The van der Waals surface area contributed by atoms with E-state index >= 15 is 0 Å². The molecule has 0 amide bonds. The highest BCUT2D eigenvalue weighted by Gasteiger charge is 2.31. The average molecular weight is 261 g/mol. The molecule has 1 aliphatic heterocycles. The topological polar surface area (TPSA) is 9.23 Å². The molecule has 0 bridgehead atoms. The molecule has 2 rings (SSSR count). The summed E-state index contributed by atoms with van der Waals surface area (Å²) in [4.78, 5) is 0. The maximum absolute atomic E-state index is 13.7. The Kier molecular flexibility index (Phi) is 3.69. The third-order valence-electron chi connectivity index (χ3n) is 3.22. The first-order chi connectivity index (χ1) is 7.99. The van der Waals surface area contributed by atoms with Gasteiger partial charge in [-0.15, -0.1) is 11.6 Å². The summed E-state index contributed by atoms with van der Waals surface area (Å²) in [7, 11) is 0. The van der Waals surface area contributed by atoms with Crippen molar-refractivity contribution in [3.63, 3.8) is 0 Å². The van der Waals surface area contributed by atoms with Gasteiger partial charge in [0.2, 0.25) is 0 Å². The van der Waals surface area contributed by atoms with Crippen LogP contribution in [0.25, 0.3) is 0 Å². The van der Waals surface area contributed by atoms with Gasteiger partial charge in [-0.1, -0.05) is 0 Å². The van der Waals surface area contributed by atoms with Gasteiger partial charge in [-0.05, 0) is 38.0 Å². The molecule has 1 heterocycles. The lowest BCUT2D eigenvalue weighted by molar-refractivity contribution is 0.119. The van der Waals surface area contributed by atoms with Crippen LogP contribution in [-0.4, -0.2) is 12.7 Å². The second kappa shape index (κ2) is 4.91. The predicted octanol–water partition coefficient (Wildman–Crippen LogP) is 3.98. The molecule has 1 nitrogen and oxygen atoms in total. The number of alkyl halides is 1. The van der Waals surface area contributed by atoms with Crippen molar-refractivity contribution in [2.45, 2.75) is 31.7 Å². The van der Waals surface area contributed by atoms with Crippen molar-refractivity contribution < 1.29 is 13.5 Å². The first-order valence-corrected chi connectivity index (χ1v) is 6.14. The van der Waals surface area contributed by atoms with Crippen LogP contribution in [0.2, 0.25) is 0 Å². The van der Waals surface area contributed by atoms with Crippen molar-refractivity contribution in [3.05, 3.63) is 34.9 Å². The monoisotopic (exact) mass is 260 g/mol. The van der Waals surface area contributed by atoms with Crippen LogP contribution in [-0.2, 0) is 4.74 Å². The van der Waals surface area contributed by atoms with Gasteiger partial charge in [0.25, 0.3) is 0 Å². The molecule has 1 saturated heterocycles. The summed E-state index contributed by atoms with van der Waals surface area (Å²) in [5.41, 5.74) is 0.531. The van der Waals surface area contributed by atoms with E-state index in [1.165, 1.54) is 19.1 Å². The minimum atomic E-state index is -0.532. The highest BCUT2D eigenvalue weighted by Crippen LogP contribution is 2.38. The Bertz CT molecular complexity index is 422. The van der Waals surface area contributed by atoms with Crippen LogP contribution in [0.4, 0.5) is 8.78 Å². The molecule has 3 atom stereocenters. The number of benzene rings is 1. The Morgan fingerprint density at radius 1 is 1.35 bits per heavy atom. The lowest BCUT2D eigenvalue weighted by Gasteiger charge is -2.17. The highest BCUT2D eigenvalue weighted by atomic mass is 35.5. The Morgan fingerprint density at radius 3 is 2.65 bits per heavy atom. The van der Waals surface area contributed by atoms with Crippen molar-refractivity contribution in [1.29, 1.82) is 0 Å². The summed E-state index contributed by atoms with van der Waals surface area (Å²) in [6, 6.07) is 2.39. The quantitative estimate of drug-likeness (QED) is 0.731. The summed E-state index contributed by atoms with van der Waals surface area (Å²) in [5, 5.41) is -0.532. The van der Waals surface area contributed by atoms with E-state index in [4.69, 9.17) is 16.3 Å². The van der Waals surface area contributed by atoms with Crippen LogP contribution < -0.4 is 0 Å². The Hall–Kier alpha value is -0.670. The van der Waals surface area contributed by atoms with Crippen molar-refractivity contribution in [2.24, 2.45) is 5.92 Å². The molecule has 4 heteroatoms. The molecule has 0 spiro atoms. The number of ether oxygens (including phenoxy) is 1. The summed E-state index contributed by atoms with van der Waals surface area (Å²) in [6.07, 6.45) is 0.919. The van der Waals surface area contributed by atoms with Gasteiger partial charge in [0, 0.05) is 11.5 Å². The fourth-order valence-corrected chi connectivity index (χ4v) is 2.52. The van der Waals surface area contributed by atoms with Crippen molar-refractivity contribution in [1.82, 2.24) is 0 Å². The third kappa shape index (κ3) is 2.61. The van der Waals surface area contributed by atoms with Gasteiger partial charge in [0.05, 0.1) is 18.1 Å². The molecular weight excluding hydrogens is 246 g/mol. The number of hydrogen-bond donors (Lipinski definition) is 0. The van der Waals surface area contributed by atoms with Crippen LogP contribution in [0.3, 0.4) is 0 Å². The molecule has 0 radical (unpaired) electrons. The lowest BCUT2D eigenvalue weighted by Crippen LogP contribution is -2.10. The number of rotatable bonds is 2. The van der Waals surface area contributed by atoms with E-state index < -0.39 is 17.0 Å². The van der Waals surface area contributed by atoms with E-state index in [1.54, 1.807) is 0 Å². The normalized spacial score (nSPS) is 26.2. The van der Waals surface area contributed by atoms with E-state index in [1.807, 2.05) is 6.92 Å². The maximum atomic E-state index is 13.7. The summed E-state index contributed by atoms with van der Waals surface area (Å²) in [6.45, 7) is 3.99. The summed E-state index contributed by atoms with van der Waals surface area (Å²) >= 11 is 6.22. The van der Waals surface area contributed by atoms with E-state index in [0.717, 1.165) is 6.42 Å². The molecule has 1 aromatic carbocycles. The fourth-order valence-electron chi connectivity index (χ4n) is 2.18. The van der Waals surface area contributed by atoms with Crippen LogP contribution >= 0.6 is 11.6 Å². The number of aryl methyl sites for hydroxylation is 1. The Labute approximate surface area is 105 Å². The van der Waals surface area contributed by atoms with Crippen LogP contribution in [0.1, 0.15) is 29.8 Å². The first kappa shape index (κ1) is 12.8. The summed E-state index contributed by atoms with van der Waals surface area (Å²) < 4.78 is 32.6. The van der Waals surface area contributed by atoms with E-state index in [0.29, 0.717) is 12.2 Å². The molecule has 0 aliphatic carbocycles. The molecule has 17 heavy (non-hydrogen) atoms. The van der Waals surface area contributed by atoms with Crippen molar-refractivity contribution >= 4 is 11.6 Å². The number of hydrogen-bond acceptors (Lipinski definition) is 1. The maximum Gasteiger partial charge on any atom is 0.128 e. The van der Waals surface area contributed by atoms with E-state index in [-0.39, 0.29) is 17.6 Å². The first-order valence-electron chi connectivity index (χ1n) is 5.70. The van der Waals surface area contributed by atoms with Gasteiger partial charge < -0.3 is 4.74 Å². The lowest BCUT2D eigenvalue weighted by atomic mass is 9.95. The van der Waals surface area contributed by atoms with E-state index in [9.17, 15) is 8.78 Å².